The average molecular weight is 285 g/mol. The second-order valence-electron chi connectivity index (χ2n) is 5.65. The summed E-state index contributed by atoms with van der Waals surface area (Å²) in [5.41, 5.74) is -0.116. The van der Waals surface area contributed by atoms with Crippen LogP contribution in [0.25, 0.3) is 0 Å². The molecule has 2 rings (SSSR count). The van der Waals surface area contributed by atoms with E-state index in [0.717, 1.165) is 24.5 Å². The van der Waals surface area contributed by atoms with Gasteiger partial charge in [0, 0.05) is 12.0 Å². The molecule has 0 radical (unpaired) electrons. The Balaban J connectivity index is 2.33. The Bertz CT molecular complexity index is 521. The van der Waals surface area contributed by atoms with Crippen molar-refractivity contribution in [3.05, 3.63) is 9.81 Å². The highest BCUT2D eigenvalue weighted by molar-refractivity contribution is 7.09. The molecule has 1 aliphatic heterocycles. The summed E-state index contributed by atoms with van der Waals surface area (Å²) in [5, 5.41) is 14.2. The molecule has 0 aliphatic carbocycles. The Morgan fingerprint density at radius 3 is 2.89 bits per heavy atom. The molecule has 0 saturated carbocycles. The van der Waals surface area contributed by atoms with Gasteiger partial charge in [0.1, 0.15) is 5.01 Å². The van der Waals surface area contributed by atoms with E-state index in [1.54, 1.807) is 4.68 Å². The van der Waals surface area contributed by atoms with E-state index < -0.39 is 6.09 Å². The standard InChI is InChI=1S/C12H19N3O3S/c1-12(2,3)9-14-15(7-8-5-4-6-18-8)10(19-9)13-11(16)17/h8H,4-7H2,1-3H3,(H,16,17)/t8-/m1/s1. The van der Waals surface area contributed by atoms with Gasteiger partial charge in [-0.15, -0.1) is 4.99 Å². The van der Waals surface area contributed by atoms with Crippen LogP contribution < -0.4 is 4.80 Å². The number of carboxylic acid groups (broad SMARTS) is 1. The number of amides is 1. The maximum atomic E-state index is 10.8. The topological polar surface area (TPSA) is 76.7 Å². The largest absolute Gasteiger partial charge is 0.463 e. The van der Waals surface area contributed by atoms with Crippen molar-refractivity contribution in [2.75, 3.05) is 6.61 Å². The summed E-state index contributed by atoms with van der Waals surface area (Å²) >= 11 is 1.33. The minimum Gasteiger partial charge on any atom is -0.463 e. The highest BCUT2D eigenvalue weighted by Gasteiger charge is 2.22. The third kappa shape index (κ3) is 3.63. The van der Waals surface area contributed by atoms with Crippen molar-refractivity contribution in [1.82, 2.24) is 9.78 Å². The highest BCUT2D eigenvalue weighted by Crippen LogP contribution is 2.22. The molecule has 1 aromatic heterocycles. The minimum absolute atomic E-state index is 0.114. The predicted octanol–water partition coefficient (Wildman–Crippen LogP) is 2.00. The molecule has 2 heterocycles. The van der Waals surface area contributed by atoms with Gasteiger partial charge in [0.2, 0.25) is 4.80 Å². The van der Waals surface area contributed by atoms with Crippen molar-refractivity contribution >= 4 is 17.4 Å². The Kier molecular flexibility index (Phi) is 4.05. The van der Waals surface area contributed by atoms with Crippen molar-refractivity contribution in [2.45, 2.75) is 51.7 Å². The second kappa shape index (κ2) is 5.42. The molecule has 1 N–H and O–H groups in total. The molecule has 106 valence electrons. The Morgan fingerprint density at radius 2 is 2.37 bits per heavy atom. The van der Waals surface area contributed by atoms with Gasteiger partial charge >= 0.3 is 6.09 Å². The van der Waals surface area contributed by atoms with Crippen molar-refractivity contribution < 1.29 is 14.6 Å². The SMILES string of the molecule is CC(C)(C)c1nn(C[C@H]2CCCO2)c(=NC(=O)O)s1. The molecule has 1 aromatic rings. The van der Waals surface area contributed by atoms with Crippen LogP contribution in [0.2, 0.25) is 0 Å². The molecule has 0 aromatic carbocycles. The lowest BCUT2D eigenvalue weighted by Crippen LogP contribution is -2.25. The summed E-state index contributed by atoms with van der Waals surface area (Å²) in [4.78, 5) is 14.8. The van der Waals surface area contributed by atoms with Gasteiger partial charge < -0.3 is 9.84 Å². The molecule has 1 saturated heterocycles. The third-order valence-electron chi connectivity index (χ3n) is 2.85. The Labute approximate surface area is 115 Å². The van der Waals surface area contributed by atoms with Gasteiger partial charge in [-0.25, -0.2) is 9.48 Å². The fourth-order valence-electron chi connectivity index (χ4n) is 1.88. The third-order valence-corrected chi connectivity index (χ3v) is 4.23. The lowest BCUT2D eigenvalue weighted by Gasteiger charge is -2.13. The van der Waals surface area contributed by atoms with E-state index in [-0.39, 0.29) is 11.5 Å². The van der Waals surface area contributed by atoms with Crippen molar-refractivity contribution in [1.29, 1.82) is 0 Å². The summed E-state index contributed by atoms with van der Waals surface area (Å²) in [6, 6.07) is 0. The van der Waals surface area contributed by atoms with Crippen LogP contribution in [0.4, 0.5) is 4.79 Å². The van der Waals surface area contributed by atoms with Gasteiger partial charge in [-0.1, -0.05) is 32.1 Å². The van der Waals surface area contributed by atoms with Gasteiger partial charge in [0.05, 0.1) is 12.6 Å². The molecule has 0 bridgehead atoms. The zero-order valence-corrected chi connectivity index (χ0v) is 12.2. The number of hydrogen-bond acceptors (Lipinski definition) is 4. The van der Waals surface area contributed by atoms with Crippen LogP contribution in [0, 0.1) is 0 Å². The van der Waals surface area contributed by atoms with Crippen LogP contribution in [0.3, 0.4) is 0 Å². The number of ether oxygens (including phenoxy) is 1. The summed E-state index contributed by atoms with van der Waals surface area (Å²) in [7, 11) is 0. The van der Waals surface area contributed by atoms with Crippen LogP contribution in [0.1, 0.15) is 38.6 Å². The fourth-order valence-corrected chi connectivity index (χ4v) is 2.84. The lowest BCUT2D eigenvalue weighted by atomic mass is 9.98. The molecular weight excluding hydrogens is 266 g/mol. The van der Waals surface area contributed by atoms with E-state index >= 15 is 0 Å². The van der Waals surface area contributed by atoms with Gasteiger partial charge in [0.25, 0.3) is 0 Å². The van der Waals surface area contributed by atoms with Crippen molar-refractivity contribution in [2.24, 2.45) is 4.99 Å². The first kappa shape index (κ1) is 14.2. The van der Waals surface area contributed by atoms with E-state index in [1.807, 2.05) is 20.8 Å². The highest BCUT2D eigenvalue weighted by atomic mass is 32.1. The smallest absolute Gasteiger partial charge is 0.433 e. The van der Waals surface area contributed by atoms with E-state index in [0.29, 0.717) is 11.3 Å². The molecule has 19 heavy (non-hydrogen) atoms. The van der Waals surface area contributed by atoms with E-state index in [4.69, 9.17) is 9.84 Å². The molecule has 1 amide bonds. The van der Waals surface area contributed by atoms with Crippen molar-refractivity contribution in [3.63, 3.8) is 0 Å². The number of nitrogens with zero attached hydrogens (tertiary/aromatic N) is 3. The summed E-state index contributed by atoms with van der Waals surface area (Å²) in [5.74, 6) is 0. The van der Waals surface area contributed by atoms with Crippen LogP contribution >= 0.6 is 11.3 Å². The van der Waals surface area contributed by atoms with Gasteiger partial charge in [-0.3, -0.25) is 0 Å². The maximum Gasteiger partial charge on any atom is 0.433 e. The number of carbonyl (C=O) groups is 1. The van der Waals surface area contributed by atoms with E-state index in [2.05, 4.69) is 10.1 Å². The predicted molar refractivity (Wildman–Crippen MR) is 71.4 cm³/mol. The minimum atomic E-state index is -1.19. The zero-order chi connectivity index (χ0) is 14.0. The van der Waals surface area contributed by atoms with E-state index in [1.165, 1.54) is 11.3 Å². The first-order chi connectivity index (χ1) is 8.86. The molecular formula is C12H19N3O3S. The first-order valence-corrected chi connectivity index (χ1v) is 7.15. The Hall–Kier alpha value is -1.21. The van der Waals surface area contributed by atoms with Crippen molar-refractivity contribution in [3.8, 4) is 0 Å². The van der Waals surface area contributed by atoms with Gasteiger partial charge in [-0.05, 0) is 12.8 Å². The molecule has 6 nitrogen and oxygen atoms in total. The molecule has 0 unspecified atom stereocenters. The normalized spacial score (nSPS) is 21.0. The second-order valence-corrected chi connectivity index (χ2v) is 6.61. The summed E-state index contributed by atoms with van der Waals surface area (Å²) < 4.78 is 7.23. The molecule has 0 spiro atoms. The van der Waals surface area contributed by atoms with Crippen LogP contribution in [-0.4, -0.2) is 33.7 Å². The van der Waals surface area contributed by atoms with Crippen LogP contribution in [0.15, 0.2) is 4.99 Å². The number of hydrogen-bond donors (Lipinski definition) is 1. The first-order valence-electron chi connectivity index (χ1n) is 6.34. The summed E-state index contributed by atoms with van der Waals surface area (Å²) in [6.07, 6.45) is 0.960. The number of aromatic nitrogens is 2. The Morgan fingerprint density at radius 1 is 1.63 bits per heavy atom. The monoisotopic (exact) mass is 285 g/mol. The maximum absolute atomic E-state index is 10.8. The molecule has 7 heteroatoms. The molecule has 1 aliphatic rings. The van der Waals surface area contributed by atoms with Crippen LogP contribution in [-0.2, 0) is 16.7 Å². The quantitative estimate of drug-likeness (QED) is 0.901. The fraction of sp³-hybridized carbons (Fsp3) is 0.750. The zero-order valence-electron chi connectivity index (χ0n) is 11.4. The van der Waals surface area contributed by atoms with Gasteiger partial charge in [-0.2, -0.15) is 5.10 Å². The van der Waals surface area contributed by atoms with Gasteiger partial charge in [0.15, 0.2) is 0 Å². The molecule has 1 atom stereocenters. The number of rotatable bonds is 2. The molecule has 1 fully saturated rings. The summed E-state index contributed by atoms with van der Waals surface area (Å²) in [6.45, 7) is 7.48. The van der Waals surface area contributed by atoms with Crippen LogP contribution in [0.5, 0.6) is 0 Å². The lowest BCUT2D eigenvalue weighted by molar-refractivity contribution is 0.0927. The average Bonchev–Trinajstić information content (AvgIpc) is 2.88. The van der Waals surface area contributed by atoms with E-state index in [9.17, 15) is 4.79 Å².